The summed E-state index contributed by atoms with van der Waals surface area (Å²) in [6.45, 7) is 1.82. The first-order valence-corrected chi connectivity index (χ1v) is 7.82. The van der Waals surface area contributed by atoms with E-state index in [1.807, 2.05) is 6.92 Å². The summed E-state index contributed by atoms with van der Waals surface area (Å²) >= 11 is 0. The van der Waals surface area contributed by atoms with Gasteiger partial charge in [-0.25, -0.2) is 9.99 Å². The molecule has 7 nitrogen and oxygen atoms in total. The molecule has 1 aliphatic rings. The molecule has 2 aromatic heterocycles. The Morgan fingerprint density at radius 3 is 2.44 bits per heavy atom. The van der Waals surface area contributed by atoms with Gasteiger partial charge in [0.05, 0.1) is 17.2 Å². The average molecular weight is 377 g/mol. The van der Waals surface area contributed by atoms with Crippen LogP contribution in [0, 0.1) is 24.2 Å². The third-order valence-corrected chi connectivity index (χ3v) is 4.10. The van der Waals surface area contributed by atoms with Crippen LogP contribution in [-0.4, -0.2) is 32.1 Å². The first-order valence-electron chi connectivity index (χ1n) is 7.82. The van der Waals surface area contributed by atoms with E-state index < -0.39 is 30.0 Å². The first kappa shape index (κ1) is 18.8. The number of anilines is 1. The van der Waals surface area contributed by atoms with Gasteiger partial charge < -0.3 is 10.2 Å². The highest BCUT2D eigenvalue weighted by atomic mass is 19.4. The van der Waals surface area contributed by atoms with Crippen LogP contribution in [0.3, 0.4) is 0 Å². The largest absolute Gasteiger partial charge is 0.417 e. The highest BCUT2D eigenvalue weighted by Gasteiger charge is 2.43. The number of hydrogen-bond acceptors (Lipinski definition) is 7. The maximum absolute atomic E-state index is 12.6. The molecule has 1 aliphatic heterocycles. The highest BCUT2D eigenvalue weighted by molar-refractivity contribution is 6.03. The molecule has 0 fully saturated rings. The molecule has 27 heavy (non-hydrogen) atoms. The van der Waals surface area contributed by atoms with Crippen molar-refractivity contribution in [2.45, 2.75) is 25.4 Å². The van der Waals surface area contributed by atoms with Gasteiger partial charge in [-0.3, -0.25) is 4.98 Å². The van der Waals surface area contributed by atoms with Crippen molar-refractivity contribution in [3.05, 3.63) is 53.5 Å². The summed E-state index contributed by atoms with van der Waals surface area (Å²) in [5, 5.41) is 35.4. The number of nitriles is 1. The summed E-state index contributed by atoms with van der Waals surface area (Å²) in [5.74, 6) is -0.932. The monoisotopic (exact) mass is 377 g/mol. The second-order valence-corrected chi connectivity index (χ2v) is 5.99. The molecule has 0 bridgehead atoms. The van der Waals surface area contributed by atoms with Gasteiger partial charge in [0, 0.05) is 12.4 Å². The molecule has 10 heteroatoms. The lowest BCUT2D eigenvalue weighted by Gasteiger charge is -2.25. The van der Waals surface area contributed by atoms with E-state index in [4.69, 9.17) is 0 Å². The topological polar surface area (TPSA) is 106 Å². The minimum atomic E-state index is -4.56. The van der Waals surface area contributed by atoms with Crippen LogP contribution < -0.4 is 5.01 Å². The molecule has 140 valence electrons. The Kier molecular flexibility index (Phi) is 4.82. The summed E-state index contributed by atoms with van der Waals surface area (Å²) in [6.07, 6.45) is -5.39. The molecule has 3 atom stereocenters. The number of aryl methyl sites for hydroxylation is 1. The smallest absolute Gasteiger partial charge is 0.386 e. The number of halogens is 3. The molecule has 0 aromatic carbocycles. The second-order valence-electron chi connectivity index (χ2n) is 5.99. The van der Waals surface area contributed by atoms with Gasteiger partial charge in [-0.2, -0.15) is 23.5 Å². The number of rotatable bonds is 3. The van der Waals surface area contributed by atoms with Crippen molar-refractivity contribution in [3.8, 4) is 6.07 Å². The van der Waals surface area contributed by atoms with Crippen LogP contribution in [0.1, 0.15) is 22.9 Å². The molecular formula is C17H14F3N5O2. The quantitative estimate of drug-likeness (QED) is 0.849. The van der Waals surface area contributed by atoms with Crippen LogP contribution in [-0.2, 0) is 6.18 Å². The van der Waals surface area contributed by atoms with E-state index in [0.717, 1.165) is 22.7 Å². The van der Waals surface area contributed by atoms with Gasteiger partial charge in [-0.1, -0.05) is 6.07 Å². The lowest BCUT2D eigenvalue weighted by Crippen LogP contribution is -2.37. The minimum Gasteiger partial charge on any atom is -0.386 e. The van der Waals surface area contributed by atoms with Crippen LogP contribution in [0.4, 0.5) is 19.0 Å². The predicted molar refractivity (Wildman–Crippen MR) is 88.2 cm³/mol. The first-order chi connectivity index (χ1) is 12.7. The SMILES string of the molecule is Cc1ccc(N2N=C(C#N)C(C(O)c3ccc(C(F)(F)F)cn3)C2O)nc1. The zero-order chi connectivity index (χ0) is 19.8. The lowest BCUT2D eigenvalue weighted by atomic mass is 9.93. The zero-order valence-electron chi connectivity index (χ0n) is 14.0. The van der Waals surface area contributed by atoms with Crippen molar-refractivity contribution >= 4 is 11.5 Å². The fourth-order valence-electron chi connectivity index (χ4n) is 2.66. The summed E-state index contributed by atoms with van der Waals surface area (Å²) in [7, 11) is 0. The molecule has 3 rings (SSSR count). The molecule has 2 aromatic rings. The molecule has 0 radical (unpaired) electrons. The predicted octanol–water partition coefficient (Wildman–Crippen LogP) is 2.17. The average Bonchev–Trinajstić information content (AvgIpc) is 2.97. The maximum Gasteiger partial charge on any atom is 0.417 e. The van der Waals surface area contributed by atoms with E-state index in [-0.39, 0.29) is 17.2 Å². The number of aliphatic hydroxyl groups is 2. The molecule has 3 unspecified atom stereocenters. The number of aromatic nitrogens is 2. The second kappa shape index (κ2) is 6.94. The summed E-state index contributed by atoms with van der Waals surface area (Å²) in [6, 6.07) is 6.89. The number of pyridine rings is 2. The van der Waals surface area contributed by atoms with Crippen LogP contribution in [0.2, 0.25) is 0 Å². The van der Waals surface area contributed by atoms with Crippen molar-refractivity contribution in [1.82, 2.24) is 9.97 Å². The van der Waals surface area contributed by atoms with Crippen LogP contribution in [0.15, 0.2) is 41.8 Å². The van der Waals surface area contributed by atoms with Gasteiger partial charge >= 0.3 is 6.18 Å². The van der Waals surface area contributed by atoms with Crippen molar-refractivity contribution in [1.29, 1.82) is 5.26 Å². The van der Waals surface area contributed by atoms with Crippen molar-refractivity contribution in [2.75, 3.05) is 5.01 Å². The molecule has 2 N–H and O–H groups in total. The van der Waals surface area contributed by atoms with Gasteiger partial charge in [0.25, 0.3) is 0 Å². The van der Waals surface area contributed by atoms with Gasteiger partial charge in [-0.05, 0) is 30.7 Å². The Labute approximate surface area is 152 Å². The van der Waals surface area contributed by atoms with Gasteiger partial charge in [-0.15, -0.1) is 0 Å². The minimum absolute atomic E-state index is 0.117. The van der Waals surface area contributed by atoms with Crippen LogP contribution in [0.25, 0.3) is 0 Å². The third kappa shape index (κ3) is 3.60. The molecule has 0 saturated heterocycles. The fourth-order valence-corrected chi connectivity index (χ4v) is 2.66. The third-order valence-electron chi connectivity index (χ3n) is 4.10. The van der Waals surface area contributed by atoms with E-state index in [2.05, 4.69) is 15.1 Å². The Bertz CT molecular complexity index is 891. The van der Waals surface area contributed by atoms with Crippen molar-refractivity contribution in [2.24, 2.45) is 11.0 Å². The van der Waals surface area contributed by atoms with Gasteiger partial charge in [0.1, 0.15) is 17.9 Å². The zero-order valence-corrected chi connectivity index (χ0v) is 14.0. The van der Waals surface area contributed by atoms with E-state index in [0.29, 0.717) is 6.20 Å². The lowest BCUT2D eigenvalue weighted by molar-refractivity contribution is -0.137. The molecule has 0 aliphatic carbocycles. The number of hydrogen-bond donors (Lipinski definition) is 2. The van der Waals surface area contributed by atoms with Crippen molar-refractivity contribution in [3.63, 3.8) is 0 Å². The van der Waals surface area contributed by atoms with E-state index >= 15 is 0 Å². The Morgan fingerprint density at radius 2 is 1.93 bits per heavy atom. The molecule has 3 heterocycles. The maximum atomic E-state index is 12.6. The highest BCUT2D eigenvalue weighted by Crippen LogP contribution is 2.35. The number of alkyl halides is 3. The van der Waals surface area contributed by atoms with Gasteiger partial charge in [0.15, 0.2) is 12.0 Å². The Hall–Kier alpha value is -3.03. The van der Waals surface area contributed by atoms with Crippen LogP contribution in [0.5, 0.6) is 0 Å². The summed E-state index contributed by atoms with van der Waals surface area (Å²) in [5.41, 5.74) is -0.389. The summed E-state index contributed by atoms with van der Waals surface area (Å²) in [4.78, 5) is 7.73. The standard InChI is InChI=1S/C17H14F3N5O2/c1-9-2-5-13(23-7-9)25-16(27)14(12(6-21)24-25)15(26)11-4-3-10(8-22-11)17(18,19)20/h2-5,7-8,14-16,26-27H,1H3. The number of aliphatic hydroxyl groups excluding tert-OH is 2. The fraction of sp³-hybridized carbons (Fsp3) is 0.294. The van der Waals surface area contributed by atoms with E-state index in [1.54, 1.807) is 24.4 Å². The molecule has 0 amide bonds. The normalized spacial score (nSPS) is 20.9. The van der Waals surface area contributed by atoms with Crippen LogP contribution >= 0.6 is 0 Å². The molecule has 0 saturated carbocycles. The van der Waals surface area contributed by atoms with E-state index in [9.17, 15) is 28.6 Å². The Balaban J connectivity index is 1.88. The molecular weight excluding hydrogens is 363 g/mol. The number of nitrogens with zero attached hydrogens (tertiary/aromatic N) is 5. The molecule has 0 spiro atoms. The summed E-state index contributed by atoms with van der Waals surface area (Å²) < 4.78 is 37.9. The van der Waals surface area contributed by atoms with Gasteiger partial charge in [0.2, 0.25) is 0 Å². The number of hydrazone groups is 1. The Morgan fingerprint density at radius 1 is 1.19 bits per heavy atom. The van der Waals surface area contributed by atoms with E-state index in [1.165, 1.54) is 0 Å². The van der Waals surface area contributed by atoms with Crippen molar-refractivity contribution < 1.29 is 23.4 Å².